The summed E-state index contributed by atoms with van der Waals surface area (Å²) in [7, 11) is 0. The van der Waals surface area contributed by atoms with Gasteiger partial charge in [-0.1, -0.05) is 0 Å². The third kappa shape index (κ3) is 6.28. The molecule has 0 atom stereocenters. The third-order valence-corrected chi connectivity index (χ3v) is 3.17. The summed E-state index contributed by atoms with van der Waals surface area (Å²) < 4.78 is 38.7. The Hall–Kier alpha value is -2.85. The Kier molecular flexibility index (Phi) is 5.95. The number of carbonyl (C=O) groups excluding carboxylic acids is 1. The maximum Gasteiger partial charge on any atom is 0.423 e. The number of carboxylic acid groups (broad SMARTS) is 1. The first-order valence-electron chi connectivity index (χ1n) is 6.98. The quantitative estimate of drug-likeness (QED) is 0.528. The van der Waals surface area contributed by atoms with E-state index in [0.29, 0.717) is 12.1 Å². The monoisotopic (exact) mass is 363 g/mol. The number of alkyl halides is 3. The molecule has 1 aromatic carbocycles. The first-order chi connectivity index (χ1) is 11.3. The number of amides is 2. The second kappa shape index (κ2) is 7.36. The number of hydrogen-bond donors (Lipinski definition) is 3. The van der Waals surface area contributed by atoms with Crippen molar-refractivity contribution in [1.29, 1.82) is 0 Å². The SMILES string of the molecule is CC(C)(CCC(=O)O)NC(=O)Nc1ccc([N+](=O)[O-])c(C(F)(F)F)c1. The number of carboxylic acids is 1. The Bertz CT molecular complexity index is 689. The highest BCUT2D eigenvalue weighted by atomic mass is 19.4. The van der Waals surface area contributed by atoms with Crippen LogP contribution in [0.2, 0.25) is 0 Å². The molecule has 0 aliphatic heterocycles. The standard InChI is InChI=1S/C14H16F3N3O5/c1-13(2,6-5-11(21)22)19-12(23)18-8-3-4-10(20(24)25)9(7-8)14(15,16)17/h3-4,7H,5-6H2,1-2H3,(H,21,22)(H2,18,19,23). The molecule has 0 radical (unpaired) electrons. The van der Waals surface area contributed by atoms with Gasteiger partial charge in [0, 0.05) is 23.7 Å². The number of halogens is 3. The number of urea groups is 1. The van der Waals surface area contributed by atoms with Crippen molar-refractivity contribution in [2.24, 2.45) is 0 Å². The zero-order valence-electron chi connectivity index (χ0n) is 13.3. The molecule has 0 saturated carbocycles. The summed E-state index contributed by atoms with van der Waals surface area (Å²) in [4.78, 5) is 31.9. The molecule has 0 bridgehead atoms. The summed E-state index contributed by atoms with van der Waals surface area (Å²) >= 11 is 0. The topological polar surface area (TPSA) is 122 Å². The highest BCUT2D eigenvalue weighted by Gasteiger charge is 2.38. The van der Waals surface area contributed by atoms with E-state index in [1.807, 2.05) is 0 Å². The summed E-state index contributed by atoms with van der Waals surface area (Å²) in [6.07, 6.45) is -5.07. The molecule has 0 unspecified atom stereocenters. The predicted octanol–water partition coefficient (Wildman–Crippen LogP) is 3.38. The Morgan fingerprint density at radius 2 is 1.88 bits per heavy atom. The summed E-state index contributed by atoms with van der Waals surface area (Å²) in [5.74, 6) is -1.06. The maximum absolute atomic E-state index is 12.9. The Labute approximate surface area is 140 Å². The van der Waals surface area contributed by atoms with Gasteiger partial charge in [0.15, 0.2) is 0 Å². The molecular formula is C14H16F3N3O5. The van der Waals surface area contributed by atoms with Gasteiger partial charge in [0.1, 0.15) is 5.56 Å². The van der Waals surface area contributed by atoms with Crippen LogP contribution in [0.5, 0.6) is 0 Å². The lowest BCUT2D eigenvalue weighted by Crippen LogP contribution is -2.45. The minimum atomic E-state index is -4.96. The molecule has 0 aliphatic carbocycles. The largest absolute Gasteiger partial charge is 0.481 e. The van der Waals surface area contributed by atoms with Gasteiger partial charge in [-0.05, 0) is 32.4 Å². The Morgan fingerprint density at radius 3 is 2.36 bits per heavy atom. The highest BCUT2D eigenvalue weighted by molar-refractivity contribution is 5.90. The summed E-state index contributed by atoms with van der Waals surface area (Å²) in [5.41, 5.74) is -3.82. The van der Waals surface area contributed by atoms with E-state index in [9.17, 15) is 32.9 Å². The number of nitrogens with one attached hydrogen (secondary N) is 2. The van der Waals surface area contributed by atoms with Crippen LogP contribution in [0.4, 0.5) is 29.3 Å². The van der Waals surface area contributed by atoms with Gasteiger partial charge in [0.25, 0.3) is 5.69 Å². The molecule has 0 aliphatic rings. The lowest BCUT2D eigenvalue weighted by Gasteiger charge is -2.25. The van der Waals surface area contributed by atoms with Crippen molar-refractivity contribution in [2.75, 3.05) is 5.32 Å². The minimum Gasteiger partial charge on any atom is -0.481 e. The zero-order valence-corrected chi connectivity index (χ0v) is 13.3. The molecule has 1 aromatic rings. The highest BCUT2D eigenvalue weighted by Crippen LogP contribution is 2.37. The van der Waals surface area contributed by atoms with E-state index < -0.39 is 39.9 Å². The average Bonchev–Trinajstić information content (AvgIpc) is 2.43. The molecular weight excluding hydrogens is 347 g/mol. The first kappa shape index (κ1) is 20.2. The van der Waals surface area contributed by atoms with E-state index in [2.05, 4.69) is 10.6 Å². The number of anilines is 1. The van der Waals surface area contributed by atoms with Crippen molar-refractivity contribution in [3.8, 4) is 0 Å². The molecule has 138 valence electrons. The molecule has 1 rings (SSSR count). The van der Waals surface area contributed by atoms with Crippen LogP contribution in [0.25, 0.3) is 0 Å². The van der Waals surface area contributed by atoms with Crippen LogP contribution in [0.1, 0.15) is 32.3 Å². The zero-order chi connectivity index (χ0) is 19.4. The molecule has 3 N–H and O–H groups in total. The Balaban J connectivity index is 2.91. The smallest absolute Gasteiger partial charge is 0.423 e. The molecule has 2 amide bonds. The molecule has 0 fully saturated rings. The van der Waals surface area contributed by atoms with Gasteiger partial charge in [-0.25, -0.2) is 4.79 Å². The number of nitro groups is 1. The van der Waals surface area contributed by atoms with E-state index in [1.54, 1.807) is 13.8 Å². The number of nitrogens with zero attached hydrogens (tertiary/aromatic N) is 1. The number of rotatable bonds is 6. The molecule has 0 spiro atoms. The van der Waals surface area contributed by atoms with E-state index >= 15 is 0 Å². The van der Waals surface area contributed by atoms with Crippen molar-refractivity contribution in [3.05, 3.63) is 33.9 Å². The molecule has 11 heteroatoms. The number of carbonyl (C=O) groups is 2. The number of benzene rings is 1. The van der Waals surface area contributed by atoms with E-state index in [-0.39, 0.29) is 18.5 Å². The number of nitro benzene ring substituents is 1. The van der Waals surface area contributed by atoms with Gasteiger partial charge in [-0.3, -0.25) is 14.9 Å². The van der Waals surface area contributed by atoms with Gasteiger partial charge >= 0.3 is 18.2 Å². The van der Waals surface area contributed by atoms with Gasteiger partial charge in [0.2, 0.25) is 0 Å². The molecule has 0 saturated heterocycles. The molecule has 8 nitrogen and oxygen atoms in total. The van der Waals surface area contributed by atoms with Gasteiger partial charge in [0.05, 0.1) is 4.92 Å². The minimum absolute atomic E-state index is 0.101. The lowest BCUT2D eigenvalue weighted by molar-refractivity contribution is -0.388. The van der Waals surface area contributed by atoms with Gasteiger partial charge in [-0.2, -0.15) is 13.2 Å². The predicted molar refractivity (Wildman–Crippen MR) is 81.2 cm³/mol. The normalized spacial score (nSPS) is 11.7. The van der Waals surface area contributed by atoms with Crippen molar-refractivity contribution >= 4 is 23.4 Å². The van der Waals surface area contributed by atoms with Crippen molar-refractivity contribution in [2.45, 2.75) is 38.4 Å². The van der Waals surface area contributed by atoms with Crippen LogP contribution in [-0.2, 0) is 11.0 Å². The van der Waals surface area contributed by atoms with Crippen molar-refractivity contribution in [3.63, 3.8) is 0 Å². The fourth-order valence-corrected chi connectivity index (χ4v) is 1.95. The van der Waals surface area contributed by atoms with Gasteiger partial charge in [-0.15, -0.1) is 0 Å². The molecule has 0 heterocycles. The van der Waals surface area contributed by atoms with Crippen LogP contribution in [0.15, 0.2) is 18.2 Å². The van der Waals surface area contributed by atoms with Crippen LogP contribution in [0, 0.1) is 10.1 Å². The van der Waals surface area contributed by atoms with Crippen LogP contribution in [-0.4, -0.2) is 27.6 Å². The van der Waals surface area contributed by atoms with Crippen LogP contribution >= 0.6 is 0 Å². The van der Waals surface area contributed by atoms with Crippen molar-refractivity contribution in [1.82, 2.24) is 5.32 Å². The van der Waals surface area contributed by atoms with Gasteiger partial charge < -0.3 is 15.7 Å². The Morgan fingerprint density at radius 1 is 1.28 bits per heavy atom. The lowest BCUT2D eigenvalue weighted by atomic mass is 9.99. The van der Waals surface area contributed by atoms with E-state index in [1.165, 1.54) is 0 Å². The maximum atomic E-state index is 12.9. The summed E-state index contributed by atoms with van der Waals surface area (Å²) in [6, 6.07) is 1.21. The third-order valence-electron chi connectivity index (χ3n) is 3.17. The molecule has 25 heavy (non-hydrogen) atoms. The summed E-state index contributed by atoms with van der Waals surface area (Å²) in [5, 5.41) is 23.9. The fraction of sp³-hybridized carbons (Fsp3) is 0.429. The van der Waals surface area contributed by atoms with Crippen molar-refractivity contribution < 1.29 is 32.8 Å². The molecule has 0 aromatic heterocycles. The average molecular weight is 363 g/mol. The summed E-state index contributed by atoms with van der Waals surface area (Å²) in [6.45, 7) is 3.10. The van der Waals surface area contributed by atoms with E-state index in [4.69, 9.17) is 5.11 Å². The first-order valence-corrected chi connectivity index (χ1v) is 6.98. The second-order valence-corrected chi connectivity index (χ2v) is 5.84. The number of aliphatic carboxylic acids is 1. The number of hydrogen-bond acceptors (Lipinski definition) is 4. The second-order valence-electron chi connectivity index (χ2n) is 5.84. The fourth-order valence-electron chi connectivity index (χ4n) is 1.95. The van der Waals surface area contributed by atoms with E-state index in [0.717, 1.165) is 6.07 Å². The van der Waals surface area contributed by atoms with Crippen LogP contribution in [0.3, 0.4) is 0 Å². The van der Waals surface area contributed by atoms with Crippen LogP contribution < -0.4 is 10.6 Å².